The van der Waals surface area contributed by atoms with Crippen LogP contribution < -0.4 is 0 Å². The number of carboxylic acid groups (broad SMARTS) is 1. The normalized spacial score (nSPS) is 9.82. The lowest BCUT2D eigenvalue weighted by molar-refractivity contribution is 0.0664. The Labute approximate surface area is 180 Å². The summed E-state index contributed by atoms with van der Waals surface area (Å²) in [5.41, 5.74) is 2.22. The van der Waals surface area contributed by atoms with Gasteiger partial charge in [-0.25, -0.2) is 4.79 Å². The van der Waals surface area contributed by atoms with Gasteiger partial charge in [-0.2, -0.15) is 0 Å². The Kier molecular flexibility index (Phi) is 8.20. The van der Waals surface area contributed by atoms with Crippen LogP contribution >= 0.6 is 31.9 Å². The zero-order valence-corrected chi connectivity index (χ0v) is 16.7. The van der Waals surface area contributed by atoms with Crippen molar-refractivity contribution in [2.75, 3.05) is 0 Å². The van der Waals surface area contributed by atoms with E-state index < -0.39 is 5.97 Å². The number of hydrogen-bond acceptors (Lipinski definition) is 3. The second-order valence-corrected chi connectivity index (χ2v) is 7.40. The molecule has 28 heavy (non-hydrogen) atoms. The fourth-order valence-electron chi connectivity index (χ4n) is 2.40. The number of carbonyl (C=O) groups is 2. The largest absolute Gasteiger partial charge is 0.475 e. The fourth-order valence-corrected chi connectivity index (χ4v) is 3.10. The summed E-state index contributed by atoms with van der Waals surface area (Å²) >= 11 is 6.65. The number of aromatic carboxylic acids is 1. The molecule has 2 heterocycles. The Morgan fingerprint density at radius 3 is 2.14 bits per heavy atom. The summed E-state index contributed by atoms with van der Waals surface area (Å²) in [4.78, 5) is 24.7. The first-order valence-electron chi connectivity index (χ1n) is 7.55. The molecule has 0 aliphatic rings. The van der Waals surface area contributed by atoms with E-state index in [-0.39, 0.29) is 26.4 Å². The van der Waals surface area contributed by atoms with Crippen LogP contribution in [0.15, 0.2) is 61.9 Å². The van der Waals surface area contributed by atoms with Crippen molar-refractivity contribution >= 4 is 65.5 Å². The highest BCUT2D eigenvalue weighted by Crippen LogP contribution is 2.23. The number of carboxylic acids is 1. The van der Waals surface area contributed by atoms with E-state index in [0.29, 0.717) is 11.3 Å². The van der Waals surface area contributed by atoms with Crippen molar-refractivity contribution in [1.29, 1.82) is 0 Å². The molecule has 0 saturated carbocycles. The molecule has 4 rings (SSSR count). The van der Waals surface area contributed by atoms with Gasteiger partial charge in [-0.15, -0.1) is 0 Å². The van der Waals surface area contributed by atoms with Crippen LogP contribution in [-0.2, 0) is 0 Å². The predicted octanol–water partition coefficient (Wildman–Crippen LogP) is 7.30. The van der Waals surface area contributed by atoms with Crippen LogP contribution in [0.2, 0.25) is 0 Å². The van der Waals surface area contributed by atoms with Crippen molar-refractivity contribution in [3.05, 3.63) is 68.9 Å². The zero-order chi connectivity index (χ0) is 18.8. The summed E-state index contributed by atoms with van der Waals surface area (Å²) < 4.78 is 6.96. The molecule has 0 saturated heterocycles. The third-order valence-electron chi connectivity index (χ3n) is 3.66. The van der Waals surface area contributed by atoms with Gasteiger partial charge in [-0.1, -0.05) is 52.8 Å². The number of Topliss-reactive ketones (excluding diaryl/α,β-unsaturated/α-hetero) is 1. The zero-order valence-electron chi connectivity index (χ0n) is 13.5. The number of H-pyrrole nitrogens is 1. The van der Waals surface area contributed by atoms with Gasteiger partial charge in [0.25, 0.3) is 0 Å². The van der Waals surface area contributed by atoms with Crippen molar-refractivity contribution in [2.24, 2.45) is 0 Å². The molecule has 0 fully saturated rings. The van der Waals surface area contributed by atoms with Gasteiger partial charge in [-0.3, -0.25) is 4.79 Å². The highest BCUT2D eigenvalue weighted by Gasteiger charge is 2.09. The molecule has 0 atom stereocenters. The molecular weight excluding hydrogens is 490 g/mol. The van der Waals surface area contributed by atoms with Gasteiger partial charge in [-0.05, 0) is 42.5 Å². The first kappa shape index (κ1) is 23.7. The number of aromatic nitrogens is 1. The van der Waals surface area contributed by atoms with Gasteiger partial charge in [0.15, 0.2) is 5.78 Å². The second-order valence-electron chi connectivity index (χ2n) is 5.57. The molecule has 5 nitrogen and oxygen atoms in total. The lowest BCUT2D eigenvalue weighted by atomic mass is 10.2. The van der Waals surface area contributed by atoms with E-state index >= 15 is 0 Å². The fraction of sp³-hybridized carbons (Fsp3) is 0.143. The van der Waals surface area contributed by atoms with E-state index in [0.717, 1.165) is 25.2 Å². The van der Waals surface area contributed by atoms with Gasteiger partial charge in [0, 0.05) is 32.2 Å². The molecule has 0 unspecified atom stereocenters. The number of fused-ring (bicyclic) bond motifs is 2. The quantitative estimate of drug-likeness (QED) is 0.277. The van der Waals surface area contributed by atoms with Gasteiger partial charge in [0.1, 0.15) is 5.58 Å². The SMILES string of the molecule is C.C.CC(=O)c1cc2ccc(Br)cc2[nH]1.O=C(O)c1cc2ccc(Br)cc2o1. The maximum atomic E-state index is 11.1. The summed E-state index contributed by atoms with van der Waals surface area (Å²) in [6, 6.07) is 14.6. The molecule has 0 radical (unpaired) electrons. The molecule has 0 aliphatic carbocycles. The van der Waals surface area contributed by atoms with E-state index in [4.69, 9.17) is 9.52 Å². The van der Waals surface area contributed by atoms with Crippen molar-refractivity contribution in [3.63, 3.8) is 0 Å². The smallest absolute Gasteiger partial charge is 0.371 e. The summed E-state index contributed by atoms with van der Waals surface area (Å²) in [5, 5.41) is 10.5. The maximum Gasteiger partial charge on any atom is 0.371 e. The average Bonchev–Trinajstić information content (AvgIpc) is 3.18. The maximum absolute atomic E-state index is 11.1. The number of benzene rings is 2. The molecule has 148 valence electrons. The summed E-state index contributed by atoms with van der Waals surface area (Å²) in [7, 11) is 0. The van der Waals surface area contributed by atoms with E-state index in [1.54, 1.807) is 19.1 Å². The minimum Gasteiger partial charge on any atom is -0.475 e. The lowest BCUT2D eigenvalue weighted by Gasteiger charge is -1.89. The van der Waals surface area contributed by atoms with E-state index in [2.05, 4.69) is 36.8 Å². The first-order valence-corrected chi connectivity index (χ1v) is 9.13. The number of aromatic amines is 1. The van der Waals surface area contributed by atoms with E-state index in [1.807, 2.05) is 30.3 Å². The van der Waals surface area contributed by atoms with Crippen molar-refractivity contribution in [1.82, 2.24) is 4.98 Å². The Balaban J connectivity index is 0.000000261. The third kappa shape index (κ3) is 5.33. The van der Waals surface area contributed by atoms with Gasteiger partial charge in [0.05, 0.1) is 5.69 Å². The standard InChI is InChI=1S/C10H8BrNO.C9H5BrO3.2CH4/c1-6(13)9-4-7-2-3-8(11)5-10(7)12-9;10-6-2-1-5-3-8(9(11)12)13-7(5)4-6;;/h2-5,12H,1H3;1-4H,(H,11,12);2*1H4. The van der Waals surface area contributed by atoms with Crippen molar-refractivity contribution < 1.29 is 19.1 Å². The molecule has 0 spiro atoms. The summed E-state index contributed by atoms with van der Waals surface area (Å²) in [6.45, 7) is 1.56. The number of furan rings is 1. The van der Waals surface area contributed by atoms with Gasteiger partial charge < -0.3 is 14.5 Å². The summed E-state index contributed by atoms with van der Waals surface area (Å²) in [6.07, 6.45) is 0. The highest BCUT2D eigenvalue weighted by atomic mass is 79.9. The molecule has 0 amide bonds. The minimum absolute atomic E-state index is 0. The Hall–Kier alpha value is -2.38. The van der Waals surface area contributed by atoms with Gasteiger partial charge in [0.2, 0.25) is 5.76 Å². The third-order valence-corrected chi connectivity index (χ3v) is 4.64. The monoisotopic (exact) mass is 509 g/mol. The number of hydrogen-bond donors (Lipinski definition) is 2. The molecule has 0 aliphatic heterocycles. The predicted molar refractivity (Wildman–Crippen MR) is 120 cm³/mol. The van der Waals surface area contributed by atoms with Crippen LogP contribution in [-0.4, -0.2) is 21.8 Å². The number of nitrogens with one attached hydrogen (secondary N) is 1. The minimum atomic E-state index is -1.05. The topological polar surface area (TPSA) is 83.3 Å². The average molecular weight is 511 g/mol. The van der Waals surface area contributed by atoms with Crippen LogP contribution in [0.1, 0.15) is 42.8 Å². The molecular formula is C21H21Br2NO4. The van der Waals surface area contributed by atoms with Crippen molar-refractivity contribution in [3.8, 4) is 0 Å². The number of halogens is 2. The Bertz CT molecular complexity index is 1040. The lowest BCUT2D eigenvalue weighted by Crippen LogP contribution is -1.91. The van der Waals surface area contributed by atoms with E-state index in [9.17, 15) is 9.59 Å². The molecule has 0 bridgehead atoms. The Morgan fingerprint density at radius 1 is 0.929 bits per heavy atom. The molecule has 2 N–H and O–H groups in total. The van der Waals surface area contributed by atoms with Crippen LogP contribution in [0, 0.1) is 0 Å². The summed E-state index contributed by atoms with van der Waals surface area (Å²) in [5.74, 6) is -1.02. The number of carbonyl (C=O) groups excluding carboxylic acids is 1. The number of rotatable bonds is 2. The van der Waals surface area contributed by atoms with Crippen LogP contribution in [0.25, 0.3) is 21.9 Å². The first-order chi connectivity index (χ1) is 12.3. The number of ketones is 1. The van der Waals surface area contributed by atoms with Crippen LogP contribution in [0.3, 0.4) is 0 Å². The van der Waals surface area contributed by atoms with Crippen LogP contribution in [0.5, 0.6) is 0 Å². The van der Waals surface area contributed by atoms with E-state index in [1.165, 1.54) is 6.07 Å². The van der Waals surface area contributed by atoms with Gasteiger partial charge >= 0.3 is 5.97 Å². The Morgan fingerprint density at radius 2 is 1.54 bits per heavy atom. The van der Waals surface area contributed by atoms with Crippen molar-refractivity contribution in [2.45, 2.75) is 21.8 Å². The molecule has 2 aromatic carbocycles. The second kappa shape index (κ2) is 9.71. The molecule has 4 aromatic rings. The highest BCUT2D eigenvalue weighted by molar-refractivity contribution is 9.10. The molecule has 7 heteroatoms. The van der Waals surface area contributed by atoms with Crippen LogP contribution in [0.4, 0.5) is 0 Å². The molecule has 2 aromatic heterocycles.